The molecule has 0 spiro atoms. The first kappa shape index (κ1) is 8.06. The van der Waals surface area contributed by atoms with Gasteiger partial charge < -0.3 is 9.88 Å². The summed E-state index contributed by atoms with van der Waals surface area (Å²) >= 11 is 0. The topological polar surface area (TPSA) is 17.0 Å². The highest BCUT2D eigenvalue weighted by Gasteiger charge is 2.21. The predicted octanol–water partition coefficient (Wildman–Crippen LogP) is 2.21. The van der Waals surface area contributed by atoms with Crippen LogP contribution in [0.4, 0.5) is 0 Å². The fourth-order valence-corrected chi connectivity index (χ4v) is 2.19. The van der Waals surface area contributed by atoms with Crippen LogP contribution in [0.15, 0.2) is 30.3 Å². The Bertz CT molecular complexity index is 466. The maximum Gasteiger partial charge on any atom is 0.0487 e. The first-order valence-corrected chi connectivity index (χ1v) is 5.14. The van der Waals surface area contributed by atoms with Gasteiger partial charge in [0, 0.05) is 24.3 Å². The largest absolute Gasteiger partial charge is 0.346 e. The van der Waals surface area contributed by atoms with Crippen LogP contribution in [0.2, 0.25) is 0 Å². The number of nitrogens with zero attached hydrogens (tertiary/aromatic N) is 1. The lowest BCUT2D eigenvalue weighted by atomic mass is 10.0. The molecule has 0 saturated carbocycles. The third-order valence-corrected chi connectivity index (χ3v) is 3.17. The monoisotopic (exact) mass is 186 g/mol. The summed E-state index contributed by atoms with van der Waals surface area (Å²) in [6, 6.07) is 11.4. The number of rotatable bonds is 1. The Morgan fingerprint density at radius 1 is 1.36 bits per heavy atom. The Morgan fingerprint density at radius 2 is 2.14 bits per heavy atom. The van der Waals surface area contributed by atoms with Gasteiger partial charge in [-0.15, -0.1) is 0 Å². The van der Waals surface area contributed by atoms with Crippen LogP contribution in [0.3, 0.4) is 0 Å². The minimum absolute atomic E-state index is 0.576. The van der Waals surface area contributed by atoms with E-state index >= 15 is 0 Å². The van der Waals surface area contributed by atoms with E-state index in [4.69, 9.17) is 0 Å². The van der Waals surface area contributed by atoms with E-state index in [0.717, 1.165) is 6.54 Å². The molecule has 3 rings (SSSR count). The van der Waals surface area contributed by atoms with E-state index in [1.54, 1.807) is 0 Å². The van der Waals surface area contributed by atoms with E-state index in [0.29, 0.717) is 6.04 Å². The molecule has 0 bridgehead atoms. The van der Waals surface area contributed by atoms with E-state index in [1.807, 2.05) is 0 Å². The lowest BCUT2D eigenvalue weighted by Gasteiger charge is -2.28. The summed E-state index contributed by atoms with van der Waals surface area (Å²) in [4.78, 5) is 0. The second-order valence-corrected chi connectivity index (χ2v) is 3.98. The van der Waals surface area contributed by atoms with Crippen molar-refractivity contribution in [1.82, 2.24) is 9.88 Å². The van der Waals surface area contributed by atoms with Gasteiger partial charge in [0.15, 0.2) is 0 Å². The average Bonchev–Trinajstić information content (AvgIpc) is 2.43. The predicted molar refractivity (Wildman–Crippen MR) is 58.3 cm³/mol. The number of nitrogens with one attached hydrogen (secondary N) is 1. The standard InChI is InChI=1S/C12H14N2/c1-14-11-5-3-2-4-9(11)8-12(14)10-6-7-13-10/h2-5,8,10,13H,6-7H2,1H3. The summed E-state index contributed by atoms with van der Waals surface area (Å²) in [6.45, 7) is 1.16. The molecule has 1 fully saturated rings. The van der Waals surface area contributed by atoms with E-state index in [9.17, 15) is 0 Å². The molecule has 1 aliphatic rings. The smallest absolute Gasteiger partial charge is 0.0487 e. The summed E-state index contributed by atoms with van der Waals surface area (Å²) in [5.74, 6) is 0. The van der Waals surface area contributed by atoms with Crippen LogP contribution in [0, 0.1) is 0 Å². The highest BCUT2D eigenvalue weighted by Crippen LogP contribution is 2.28. The van der Waals surface area contributed by atoms with Crippen LogP contribution < -0.4 is 5.32 Å². The van der Waals surface area contributed by atoms with Gasteiger partial charge in [-0.2, -0.15) is 0 Å². The van der Waals surface area contributed by atoms with Crippen LogP contribution in [0.25, 0.3) is 10.9 Å². The number of benzene rings is 1. The number of hydrogen-bond acceptors (Lipinski definition) is 1. The van der Waals surface area contributed by atoms with Crippen LogP contribution in [-0.4, -0.2) is 11.1 Å². The number of aromatic nitrogens is 1. The van der Waals surface area contributed by atoms with E-state index in [2.05, 4.69) is 47.3 Å². The SMILES string of the molecule is Cn1c(C2CCN2)cc2ccccc21. The minimum atomic E-state index is 0.576. The molecule has 0 radical (unpaired) electrons. The molecule has 0 amide bonds. The third kappa shape index (κ3) is 1.01. The van der Waals surface area contributed by atoms with Crippen molar-refractivity contribution in [3.63, 3.8) is 0 Å². The Labute approximate surface area is 83.5 Å². The maximum atomic E-state index is 3.44. The summed E-state index contributed by atoms with van der Waals surface area (Å²) in [5, 5.41) is 4.79. The van der Waals surface area contributed by atoms with Crippen molar-refractivity contribution < 1.29 is 0 Å². The Balaban J connectivity index is 2.19. The molecule has 1 aliphatic heterocycles. The number of fused-ring (bicyclic) bond motifs is 1. The molecule has 1 aromatic carbocycles. The number of para-hydroxylation sites is 1. The molecule has 1 saturated heterocycles. The van der Waals surface area contributed by atoms with Crippen LogP contribution in [0.5, 0.6) is 0 Å². The van der Waals surface area contributed by atoms with Crippen LogP contribution in [-0.2, 0) is 7.05 Å². The lowest BCUT2D eigenvalue weighted by molar-refractivity contribution is 0.369. The van der Waals surface area contributed by atoms with Crippen LogP contribution in [0.1, 0.15) is 18.2 Å². The van der Waals surface area contributed by atoms with Gasteiger partial charge in [0.25, 0.3) is 0 Å². The molecule has 2 heterocycles. The molecule has 14 heavy (non-hydrogen) atoms. The Hall–Kier alpha value is -1.28. The molecular formula is C12H14N2. The highest BCUT2D eigenvalue weighted by molar-refractivity contribution is 5.81. The van der Waals surface area contributed by atoms with E-state index in [1.165, 1.54) is 23.0 Å². The lowest BCUT2D eigenvalue weighted by Crippen LogP contribution is -2.36. The molecule has 1 unspecified atom stereocenters. The number of aryl methyl sites for hydroxylation is 1. The van der Waals surface area contributed by atoms with Gasteiger partial charge in [-0.1, -0.05) is 18.2 Å². The Morgan fingerprint density at radius 3 is 2.79 bits per heavy atom. The molecule has 2 nitrogen and oxygen atoms in total. The van der Waals surface area contributed by atoms with Gasteiger partial charge >= 0.3 is 0 Å². The molecule has 72 valence electrons. The van der Waals surface area contributed by atoms with Gasteiger partial charge in [0.05, 0.1) is 0 Å². The zero-order valence-corrected chi connectivity index (χ0v) is 8.33. The molecule has 1 aromatic heterocycles. The first-order chi connectivity index (χ1) is 6.86. The van der Waals surface area contributed by atoms with Crippen molar-refractivity contribution in [3.8, 4) is 0 Å². The number of hydrogen-bond donors (Lipinski definition) is 1. The molecule has 0 aliphatic carbocycles. The van der Waals surface area contributed by atoms with Crippen molar-refractivity contribution in [2.45, 2.75) is 12.5 Å². The molecule has 1 atom stereocenters. The highest BCUT2D eigenvalue weighted by atomic mass is 15.1. The second kappa shape index (κ2) is 2.85. The van der Waals surface area contributed by atoms with Gasteiger partial charge in [-0.05, 0) is 30.5 Å². The summed E-state index contributed by atoms with van der Waals surface area (Å²) in [6.07, 6.45) is 1.27. The van der Waals surface area contributed by atoms with Gasteiger partial charge in [0.2, 0.25) is 0 Å². The fourth-order valence-electron chi connectivity index (χ4n) is 2.19. The van der Waals surface area contributed by atoms with Crippen molar-refractivity contribution in [2.24, 2.45) is 7.05 Å². The van der Waals surface area contributed by atoms with Crippen molar-refractivity contribution >= 4 is 10.9 Å². The van der Waals surface area contributed by atoms with Gasteiger partial charge in [0.1, 0.15) is 0 Å². The van der Waals surface area contributed by atoms with Gasteiger partial charge in [-0.3, -0.25) is 0 Å². The Kier molecular flexibility index (Phi) is 1.64. The maximum absolute atomic E-state index is 3.44. The average molecular weight is 186 g/mol. The summed E-state index contributed by atoms with van der Waals surface area (Å²) in [5.41, 5.74) is 2.74. The third-order valence-electron chi connectivity index (χ3n) is 3.17. The second-order valence-electron chi connectivity index (χ2n) is 3.98. The van der Waals surface area contributed by atoms with Crippen molar-refractivity contribution in [1.29, 1.82) is 0 Å². The van der Waals surface area contributed by atoms with E-state index < -0.39 is 0 Å². The molecule has 2 aromatic rings. The van der Waals surface area contributed by atoms with Crippen molar-refractivity contribution in [3.05, 3.63) is 36.0 Å². The summed E-state index contributed by atoms with van der Waals surface area (Å²) < 4.78 is 2.30. The molecule has 1 N–H and O–H groups in total. The van der Waals surface area contributed by atoms with Crippen molar-refractivity contribution in [2.75, 3.05) is 6.54 Å². The molecule has 2 heteroatoms. The molecular weight excluding hydrogens is 172 g/mol. The first-order valence-electron chi connectivity index (χ1n) is 5.14. The minimum Gasteiger partial charge on any atom is -0.346 e. The quantitative estimate of drug-likeness (QED) is 0.722. The van der Waals surface area contributed by atoms with Crippen LogP contribution >= 0.6 is 0 Å². The fraction of sp³-hybridized carbons (Fsp3) is 0.333. The zero-order chi connectivity index (χ0) is 9.54. The van der Waals surface area contributed by atoms with Gasteiger partial charge in [-0.25, -0.2) is 0 Å². The summed E-state index contributed by atoms with van der Waals surface area (Å²) in [7, 11) is 2.15. The normalized spacial score (nSPS) is 21.1. The van der Waals surface area contributed by atoms with E-state index in [-0.39, 0.29) is 0 Å². The zero-order valence-electron chi connectivity index (χ0n) is 8.33.